The number of nitrogens with two attached hydrogens (primary N) is 1. The average molecular weight is 485 g/mol. The monoisotopic (exact) mass is 484 g/mol. The van der Waals surface area contributed by atoms with E-state index in [2.05, 4.69) is 27.5 Å². The predicted octanol–water partition coefficient (Wildman–Crippen LogP) is 4.67. The van der Waals surface area contributed by atoms with Crippen molar-refractivity contribution in [1.82, 2.24) is 14.9 Å². The normalized spacial score (nSPS) is 26.8. The van der Waals surface area contributed by atoms with Gasteiger partial charge in [-0.15, -0.1) is 11.3 Å². The molecule has 1 aliphatic carbocycles. The van der Waals surface area contributed by atoms with Gasteiger partial charge in [0, 0.05) is 30.2 Å². The number of guanidine groups is 1. The second-order valence-electron chi connectivity index (χ2n) is 9.60. The van der Waals surface area contributed by atoms with Crippen molar-refractivity contribution >= 4 is 23.2 Å². The molecule has 3 aromatic rings. The Morgan fingerprint density at radius 2 is 1.86 bits per heavy atom. The summed E-state index contributed by atoms with van der Waals surface area (Å²) in [5.41, 5.74) is 8.11. The van der Waals surface area contributed by atoms with Crippen molar-refractivity contribution in [3.63, 3.8) is 0 Å². The zero-order valence-corrected chi connectivity index (χ0v) is 20.7. The smallest absolute Gasteiger partial charge is 0.235 e. The van der Waals surface area contributed by atoms with Gasteiger partial charge in [-0.1, -0.05) is 12.1 Å². The van der Waals surface area contributed by atoms with Crippen LogP contribution in [0, 0.1) is 23.2 Å². The van der Waals surface area contributed by atoms with Crippen LogP contribution in [0.2, 0.25) is 0 Å². The third-order valence-electron chi connectivity index (χ3n) is 7.51. The first-order valence-corrected chi connectivity index (χ1v) is 12.8. The molecule has 5 rings (SSSR count). The molecule has 1 amide bonds. The molecule has 1 aromatic carbocycles. The molecule has 2 aromatic heterocycles. The highest BCUT2D eigenvalue weighted by molar-refractivity contribution is 7.10. The molecule has 1 saturated carbocycles. The number of aromatic nitrogens is 2. The lowest BCUT2D eigenvalue weighted by Crippen LogP contribution is -2.56. The van der Waals surface area contributed by atoms with Gasteiger partial charge in [0.1, 0.15) is 11.4 Å². The summed E-state index contributed by atoms with van der Waals surface area (Å²) in [7, 11) is 1.71. The Morgan fingerprint density at radius 1 is 1.11 bits per heavy atom. The first-order valence-electron chi connectivity index (χ1n) is 11.9. The molecule has 0 spiro atoms. The molecule has 35 heavy (non-hydrogen) atoms. The first-order chi connectivity index (χ1) is 16.9. The van der Waals surface area contributed by atoms with Crippen molar-refractivity contribution in [2.45, 2.75) is 44.1 Å². The maximum Gasteiger partial charge on any atom is 0.235 e. The van der Waals surface area contributed by atoms with Crippen LogP contribution in [0.4, 0.5) is 0 Å². The van der Waals surface area contributed by atoms with Crippen LogP contribution in [-0.4, -0.2) is 33.8 Å². The molecule has 0 unspecified atom stereocenters. The number of amides is 1. The highest BCUT2D eigenvalue weighted by Gasteiger charge is 2.51. The molecule has 0 bridgehead atoms. The maximum atomic E-state index is 13.6. The molecule has 2 N–H and O–H groups in total. The van der Waals surface area contributed by atoms with E-state index in [-0.39, 0.29) is 23.7 Å². The summed E-state index contributed by atoms with van der Waals surface area (Å²) in [6.07, 6.45) is 7.33. The van der Waals surface area contributed by atoms with Crippen molar-refractivity contribution in [3.05, 3.63) is 70.4 Å². The molecule has 8 heteroatoms. The Bertz CT molecular complexity index is 1300. The molecule has 0 radical (unpaired) electrons. The summed E-state index contributed by atoms with van der Waals surface area (Å²) in [5.74, 6) is 1.39. The van der Waals surface area contributed by atoms with Crippen LogP contribution >= 0.6 is 11.3 Å². The lowest BCUT2D eigenvalue weighted by molar-refractivity contribution is -0.137. The number of hydrogen-bond donors (Lipinski definition) is 1. The van der Waals surface area contributed by atoms with Gasteiger partial charge < -0.3 is 5.73 Å². The van der Waals surface area contributed by atoms with Gasteiger partial charge in [0.15, 0.2) is 5.96 Å². The van der Waals surface area contributed by atoms with Gasteiger partial charge in [-0.2, -0.15) is 5.26 Å². The minimum absolute atomic E-state index is 0.0286. The number of carbonyl (C=O) groups is 1. The van der Waals surface area contributed by atoms with E-state index in [1.165, 1.54) is 4.90 Å². The summed E-state index contributed by atoms with van der Waals surface area (Å²) in [6, 6.07) is 13.7. The molecule has 0 saturated heterocycles. The zero-order chi connectivity index (χ0) is 24.6. The fourth-order valence-corrected chi connectivity index (χ4v) is 6.63. The molecule has 1 aliphatic heterocycles. The van der Waals surface area contributed by atoms with Gasteiger partial charge in [0.05, 0.1) is 17.6 Å². The molecule has 2 atom stereocenters. The van der Waals surface area contributed by atoms with Crippen molar-refractivity contribution in [2.75, 3.05) is 7.05 Å². The summed E-state index contributed by atoms with van der Waals surface area (Å²) in [5, 5.41) is 11.4. The van der Waals surface area contributed by atoms with Crippen LogP contribution in [0.3, 0.4) is 0 Å². The van der Waals surface area contributed by atoms with Gasteiger partial charge in [0.2, 0.25) is 5.91 Å². The number of benzene rings is 1. The predicted molar refractivity (Wildman–Crippen MR) is 136 cm³/mol. The van der Waals surface area contributed by atoms with Crippen LogP contribution in [-0.2, 0) is 10.3 Å². The van der Waals surface area contributed by atoms with E-state index in [4.69, 9.17) is 10.7 Å². The first kappa shape index (κ1) is 23.2. The Labute approximate surface area is 209 Å². The second kappa shape index (κ2) is 9.23. The molecule has 1 fully saturated rings. The molecular formula is C27H28N6OS. The van der Waals surface area contributed by atoms with Gasteiger partial charge in [0.25, 0.3) is 0 Å². The molecule has 3 heterocycles. The van der Waals surface area contributed by atoms with Crippen LogP contribution in [0.1, 0.15) is 54.8 Å². The lowest BCUT2D eigenvalue weighted by atomic mass is 9.67. The summed E-state index contributed by atoms with van der Waals surface area (Å²) < 4.78 is 0. The van der Waals surface area contributed by atoms with Crippen LogP contribution in [0.5, 0.6) is 0 Å². The van der Waals surface area contributed by atoms with Gasteiger partial charge >= 0.3 is 0 Å². The lowest BCUT2D eigenvalue weighted by Gasteiger charge is -2.45. The fourth-order valence-electron chi connectivity index (χ4n) is 5.57. The van der Waals surface area contributed by atoms with Crippen molar-refractivity contribution in [1.29, 1.82) is 5.26 Å². The second-order valence-corrected chi connectivity index (χ2v) is 10.5. The Morgan fingerprint density at radius 3 is 2.57 bits per heavy atom. The van der Waals surface area contributed by atoms with E-state index in [9.17, 15) is 10.1 Å². The Hall–Kier alpha value is -3.57. The maximum absolute atomic E-state index is 13.6. The van der Waals surface area contributed by atoms with Gasteiger partial charge in [-0.3, -0.25) is 9.69 Å². The largest absolute Gasteiger partial charge is 0.369 e. The third kappa shape index (κ3) is 4.21. The topological polar surface area (TPSA) is 108 Å². The average Bonchev–Trinajstić information content (AvgIpc) is 3.40. The van der Waals surface area contributed by atoms with E-state index in [0.29, 0.717) is 11.5 Å². The van der Waals surface area contributed by atoms with Gasteiger partial charge in [-0.05, 0) is 79.3 Å². The van der Waals surface area contributed by atoms with E-state index < -0.39 is 5.54 Å². The molecule has 178 valence electrons. The third-order valence-corrected chi connectivity index (χ3v) is 8.67. The van der Waals surface area contributed by atoms with Crippen molar-refractivity contribution in [2.24, 2.45) is 22.6 Å². The summed E-state index contributed by atoms with van der Waals surface area (Å²) >= 11 is 1.60. The summed E-state index contributed by atoms with van der Waals surface area (Å²) in [4.78, 5) is 30.0. The number of aliphatic imine (C=N–C) groups is 1. The van der Waals surface area contributed by atoms with Crippen LogP contribution in [0.15, 0.2) is 59.2 Å². The van der Waals surface area contributed by atoms with E-state index in [1.807, 2.05) is 31.2 Å². The SMILES string of the molecule is CN1C(=O)[C@H](C2CCC(c3ncccn3)CC2)[C@@](C)(c2cc(-c3cccc(C#N)c3)cs2)N=C1N. The van der Waals surface area contributed by atoms with Crippen molar-refractivity contribution in [3.8, 4) is 17.2 Å². The number of nitriles is 1. The molecule has 7 nitrogen and oxygen atoms in total. The minimum atomic E-state index is -0.746. The fraction of sp³-hybridized carbons (Fsp3) is 0.370. The van der Waals surface area contributed by atoms with E-state index in [1.54, 1.807) is 36.8 Å². The van der Waals surface area contributed by atoms with E-state index >= 15 is 0 Å². The highest BCUT2D eigenvalue weighted by atomic mass is 32.1. The number of carbonyl (C=O) groups excluding carboxylic acids is 1. The molecular weight excluding hydrogens is 456 g/mol. The van der Waals surface area contributed by atoms with Crippen molar-refractivity contribution < 1.29 is 4.79 Å². The molecule has 2 aliphatic rings. The number of hydrogen-bond acceptors (Lipinski definition) is 7. The Kier molecular flexibility index (Phi) is 6.12. The van der Waals surface area contributed by atoms with Gasteiger partial charge in [-0.25, -0.2) is 15.0 Å². The van der Waals surface area contributed by atoms with E-state index in [0.717, 1.165) is 47.5 Å². The highest BCUT2D eigenvalue weighted by Crippen LogP contribution is 2.49. The van der Waals surface area contributed by atoms with Crippen LogP contribution < -0.4 is 5.73 Å². The standard InChI is InChI=1S/C27H28N6OS/c1-27(22-14-21(16-35-22)20-6-3-5-17(13-20)15-28)23(25(34)33(2)26(29)32-27)18-7-9-19(10-8-18)24-30-11-4-12-31-24/h3-6,11-14,16,18-19,23H,7-10H2,1-2H3,(H2,29,32)/t18?,19?,23-,27+/m0/s1. The Balaban J connectivity index is 1.46. The minimum Gasteiger partial charge on any atom is -0.369 e. The summed E-state index contributed by atoms with van der Waals surface area (Å²) in [6.45, 7) is 2.04. The quantitative estimate of drug-likeness (QED) is 0.579. The number of nitrogens with zero attached hydrogens (tertiary/aromatic N) is 5. The van der Waals surface area contributed by atoms with Crippen LogP contribution in [0.25, 0.3) is 11.1 Å². The number of rotatable bonds is 4. The zero-order valence-electron chi connectivity index (χ0n) is 19.9. The number of thiophene rings is 1.